The van der Waals surface area contributed by atoms with Gasteiger partial charge in [-0.3, -0.25) is 0 Å². The lowest BCUT2D eigenvalue weighted by Crippen LogP contribution is -2.32. The molecule has 1 atom stereocenters. The van der Waals surface area contributed by atoms with Gasteiger partial charge in [0.2, 0.25) is 0 Å². The molecule has 120 valence electrons. The highest BCUT2D eigenvalue weighted by Gasteiger charge is 2.21. The first-order valence-electron chi connectivity index (χ1n) is 8.31. The molecule has 0 saturated heterocycles. The van der Waals surface area contributed by atoms with Crippen LogP contribution in [0.2, 0.25) is 0 Å². The molecule has 4 heteroatoms. The van der Waals surface area contributed by atoms with Crippen LogP contribution in [0.15, 0.2) is 18.2 Å². The molecule has 0 fully saturated rings. The summed E-state index contributed by atoms with van der Waals surface area (Å²) >= 11 is 0. The van der Waals surface area contributed by atoms with Crippen molar-refractivity contribution in [2.75, 3.05) is 19.7 Å². The van der Waals surface area contributed by atoms with Gasteiger partial charge in [-0.25, -0.2) is 0 Å². The average Bonchev–Trinajstić information content (AvgIpc) is 2.82. The fourth-order valence-corrected chi connectivity index (χ4v) is 3.58. The standard InChI is InChI=1S/C18H26N2O2/c1-13-6-7-18-16(10-13)15-4-2-3-5-17(15)20(18)12-14(22)11-19-8-9-21/h6-7,10,14,19,21-22H,2-5,8-9,11-12H2,1H3. The van der Waals surface area contributed by atoms with Crippen molar-refractivity contribution in [3.8, 4) is 0 Å². The molecule has 1 heterocycles. The number of aromatic nitrogens is 1. The van der Waals surface area contributed by atoms with Gasteiger partial charge in [0.25, 0.3) is 0 Å². The van der Waals surface area contributed by atoms with Crippen LogP contribution in [-0.2, 0) is 19.4 Å². The zero-order valence-electron chi connectivity index (χ0n) is 13.3. The Morgan fingerprint density at radius 3 is 2.91 bits per heavy atom. The summed E-state index contributed by atoms with van der Waals surface area (Å²) in [6, 6.07) is 6.63. The van der Waals surface area contributed by atoms with Crippen LogP contribution in [0.25, 0.3) is 10.9 Å². The van der Waals surface area contributed by atoms with E-state index in [-0.39, 0.29) is 6.61 Å². The van der Waals surface area contributed by atoms with Crippen molar-refractivity contribution in [2.45, 2.75) is 45.3 Å². The summed E-state index contributed by atoms with van der Waals surface area (Å²) in [5, 5.41) is 23.5. The van der Waals surface area contributed by atoms with Crippen LogP contribution in [0.5, 0.6) is 0 Å². The van der Waals surface area contributed by atoms with Gasteiger partial charge in [-0.05, 0) is 50.3 Å². The fraction of sp³-hybridized carbons (Fsp3) is 0.556. The van der Waals surface area contributed by atoms with Gasteiger partial charge in [-0.2, -0.15) is 0 Å². The van der Waals surface area contributed by atoms with Gasteiger partial charge in [0.1, 0.15) is 0 Å². The van der Waals surface area contributed by atoms with Crippen molar-refractivity contribution in [2.24, 2.45) is 0 Å². The molecular formula is C18H26N2O2. The molecule has 3 N–H and O–H groups in total. The summed E-state index contributed by atoms with van der Waals surface area (Å²) in [7, 11) is 0. The summed E-state index contributed by atoms with van der Waals surface area (Å²) in [5.74, 6) is 0. The van der Waals surface area contributed by atoms with E-state index in [4.69, 9.17) is 5.11 Å². The van der Waals surface area contributed by atoms with Crippen molar-refractivity contribution in [1.29, 1.82) is 0 Å². The molecule has 1 aliphatic carbocycles. The van der Waals surface area contributed by atoms with Crippen molar-refractivity contribution in [1.82, 2.24) is 9.88 Å². The lowest BCUT2D eigenvalue weighted by atomic mass is 9.95. The zero-order valence-corrected chi connectivity index (χ0v) is 13.3. The molecule has 1 unspecified atom stereocenters. The number of nitrogens with one attached hydrogen (secondary N) is 1. The number of benzene rings is 1. The van der Waals surface area contributed by atoms with Crippen LogP contribution in [0, 0.1) is 6.92 Å². The predicted molar refractivity (Wildman–Crippen MR) is 89.3 cm³/mol. The summed E-state index contributed by atoms with van der Waals surface area (Å²) < 4.78 is 2.31. The number of hydrogen-bond donors (Lipinski definition) is 3. The molecule has 22 heavy (non-hydrogen) atoms. The van der Waals surface area contributed by atoms with Crippen LogP contribution in [0.1, 0.15) is 29.7 Å². The Morgan fingerprint density at radius 1 is 1.27 bits per heavy atom. The monoisotopic (exact) mass is 302 g/mol. The molecular weight excluding hydrogens is 276 g/mol. The number of aliphatic hydroxyl groups is 2. The highest BCUT2D eigenvalue weighted by molar-refractivity contribution is 5.86. The largest absolute Gasteiger partial charge is 0.395 e. The Bertz CT molecular complexity index is 648. The fourth-order valence-electron chi connectivity index (χ4n) is 3.58. The number of nitrogens with zero attached hydrogens (tertiary/aromatic N) is 1. The molecule has 0 saturated carbocycles. The van der Waals surface area contributed by atoms with Gasteiger partial charge in [0.15, 0.2) is 0 Å². The topological polar surface area (TPSA) is 57.4 Å². The summed E-state index contributed by atoms with van der Waals surface area (Å²) in [6.45, 7) is 3.91. The Morgan fingerprint density at radius 2 is 2.09 bits per heavy atom. The lowest BCUT2D eigenvalue weighted by Gasteiger charge is -2.19. The Balaban J connectivity index is 1.91. The number of aliphatic hydroxyl groups excluding tert-OH is 2. The third kappa shape index (κ3) is 3.05. The van der Waals surface area contributed by atoms with Crippen LogP contribution in [0.4, 0.5) is 0 Å². The first-order chi connectivity index (χ1) is 10.7. The van der Waals surface area contributed by atoms with E-state index >= 15 is 0 Å². The molecule has 0 bridgehead atoms. The molecule has 2 aromatic rings. The maximum Gasteiger partial charge on any atom is 0.0843 e. The smallest absolute Gasteiger partial charge is 0.0843 e. The van der Waals surface area contributed by atoms with E-state index in [0.717, 1.165) is 12.8 Å². The van der Waals surface area contributed by atoms with Crippen LogP contribution in [-0.4, -0.2) is 40.6 Å². The number of hydrogen-bond acceptors (Lipinski definition) is 3. The number of rotatable bonds is 6. The maximum atomic E-state index is 10.3. The van der Waals surface area contributed by atoms with Crippen molar-refractivity contribution in [3.63, 3.8) is 0 Å². The second-order valence-electron chi connectivity index (χ2n) is 6.35. The summed E-state index contributed by atoms with van der Waals surface area (Å²) in [5.41, 5.74) is 5.44. The van der Waals surface area contributed by atoms with Gasteiger partial charge < -0.3 is 20.1 Å². The molecule has 1 aliphatic rings. The van der Waals surface area contributed by atoms with E-state index in [1.165, 1.54) is 40.6 Å². The minimum Gasteiger partial charge on any atom is -0.395 e. The van der Waals surface area contributed by atoms with E-state index < -0.39 is 6.10 Å². The molecule has 3 rings (SSSR count). The van der Waals surface area contributed by atoms with Crippen molar-refractivity contribution in [3.05, 3.63) is 35.0 Å². The Hall–Kier alpha value is -1.36. The molecule has 0 aliphatic heterocycles. The minimum atomic E-state index is -0.436. The van der Waals surface area contributed by atoms with Gasteiger partial charge in [0.05, 0.1) is 19.3 Å². The van der Waals surface area contributed by atoms with Crippen LogP contribution < -0.4 is 5.32 Å². The molecule has 1 aromatic heterocycles. The molecule has 0 amide bonds. The van der Waals surface area contributed by atoms with Gasteiger partial charge in [0, 0.05) is 29.7 Å². The van der Waals surface area contributed by atoms with E-state index in [9.17, 15) is 5.11 Å². The Labute approximate surface area is 131 Å². The summed E-state index contributed by atoms with van der Waals surface area (Å²) in [4.78, 5) is 0. The number of fused-ring (bicyclic) bond motifs is 3. The molecule has 1 aromatic carbocycles. The van der Waals surface area contributed by atoms with Crippen molar-refractivity contribution < 1.29 is 10.2 Å². The summed E-state index contributed by atoms with van der Waals surface area (Å²) in [6.07, 6.45) is 4.33. The third-order valence-electron chi connectivity index (χ3n) is 4.59. The predicted octanol–water partition coefficient (Wildman–Crippen LogP) is 1.77. The minimum absolute atomic E-state index is 0.105. The maximum absolute atomic E-state index is 10.3. The van der Waals surface area contributed by atoms with Gasteiger partial charge in [-0.1, -0.05) is 11.6 Å². The second-order valence-corrected chi connectivity index (χ2v) is 6.35. The van der Waals surface area contributed by atoms with E-state index in [2.05, 4.69) is 35.0 Å². The normalized spacial score (nSPS) is 16.0. The second kappa shape index (κ2) is 6.82. The quantitative estimate of drug-likeness (QED) is 0.713. The van der Waals surface area contributed by atoms with E-state index in [1.54, 1.807) is 0 Å². The molecule has 4 nitrogen and oxygen atoms in total. The van der Waals surface area contributed by atoms with Gasteiger partial charge in [-0.15, -0.1) is 0 Å². The SMILES string of the molecule is Cc1ccc2c(c1)c1c(n2CC(O)CNCCO)CCCC1. The highest BCUT2D eigenvalue weighted by Crippen LogP contribution is 2.32. The molecule has 0 spiro atoms. The average molecular weight is 302 g/mol. The lowest BCUT2D eigenvalue weighted by molar-refractivity contribution is 0.149. The van der Waals surface area contributed by atoms with Crippen LogP contribution >= 0.6 is 0 Å². The zero-order chi connectivity index (χ0) is 15.5. The highest BCUT2D eigenvalue weighted by atomic mass is 16.3. The Kier molecular flexibility index (Phi) is 4.81. The first-order valence-corrected chi connectivity index (χ1v) is 8.31. The molecule has 0 radical (unpaired) electrons. The third-order valence-corrected chi connectivity index (χ3v) is 4.59. The van der Waals surface area contributed by atoms with E-state index in [1.807, 2.05) is 0 Å². The van der Waals surface area contributed by atoms with Crippen LogP contribution in [0.3, 0.4) is 0 Å². The van der Waals surface area contributed by atoms with Crippen molar-refractivity contribution >= 4 is 10.9 Å². The first kappa shape index (κ1) is 15.5. The number of aryl methyl sites for hydroxylation is 2. The van der Waals surface area contributed by atoms with E-state index in [0.29, 0.717) is 19.6 Å². The van der Waals surface area contributed by atoms with Gasteiger partial charge >= 0.3 is 0 Å².